The van der Waals surface area contributed by atoms with Crippen LogP contribution in [0.3, 0.4) is 0 Å². The summed E-state index contributed by atoms with van der Waals surface area (Å²) >= 11 is 0. The van der Waals surface area contributed by atoms with Crippen molar-refractivity contribution in [3.8, 4) is 0 Å². The van der Waals surface area contributed by atoms with Crippen molar-refractivity contribution in [2.45, 2.75) is 19.4 Å². The Labute approximate surface area is 76.4 Å². The zero-order valence-electron chi connectivity index (χ0n) is 7.40. The zero-order chi connectivity index (χ0) is 9.68. The Balaban J connectivity index is 2.55. The summed E-state index contributed by atoms with van der Waals surface area (Å²) < 4.78 is 0. The number of nitrogens with zero attached hydrogens (tertiary/aromatic N) is 2. The molecule has 1 heterocycles. The average molecular weight is 180 g/mol. The van der Waals surface area contributed by atoms with Crippen LogP contribution in [0, 0.1) is 0 Å². The van der Waals surface area contributed by atoms with E-state index in [0.717, 1.165) is 0 Å². The first-order valence-electron chi connectivity index (χ1n) is 4.05. The third-order valence-corrected chi connectivity index (χ3v) is 1.60. The fourth-order valence-corrected chi connectivity index (χ4v) is 0.784. The highest BCUT2D eigenvalue weighted by atomic mass is 16.2. The Morgan fingerprint density at radius 2 is 2.23 bits per heavy atom. The van der Waals surface area contributed by atoms with Crippen LogP contribution in [0.1, 0.15) is 13.3 Å². The number of nitrogens with one attached hydrogen (secondary N) is 1. The van der Waals surface area contributed by atoms with Crippen LogP contribution in [-0.4, -0.2) is 21.9 Å². The summed E-state index contributed by atoms with van der Waals surface area (Å²) in [5.41, 5.74) is 6.08. The maximum absolute atomic E-state index is 11.3. The number of anilines is 1. The highest BCUT2D eigenvalue weighted by molar-refractivity contribution is 5.94. The van der Waals surface area contributed by atoms with Crippen molar-refractivity contribution in [3.63, 3.8) is 0 Å². The molecule has 0 radical (unpaired) electrons. The molecule has 0 spiro atoms. The first-order chi connectivity index (χ1) is 6.24. The van der Waals surface area contributed by atoms with Crippen LogP contribution < -0.4 is 11.1 Å². The van der Waals surface area contributed by atoms with Gasteiger partial charge in [0.2, 0.25) is 5.91 Å². The second-order valence-electron chi connectivity index (χ2n) is 2.63. The van der Waals surface area contributed by atoms with Crippen molar-refractivity contribution in [2.75, 3.05) is 5.32 Å². The largest absolute Gasteiger partial charge is 0.322 e. The van der Waals surface area contributed by atoms with Crippen molar-refractivity contribution >= 4 is 11.6 Å². The second-order valence-corrected chi connectivity index (χ2v) is 2.63. The average Bonchev–Trinajstić information content (AvgIpc) is 2.18. The van der Waals surface area contributed by atoms with Crippen molar-refractivity contribution in [2.24, 2.45) is 5.73 Å². The van der Waals surface area contributed by atoms with Gasteiger partial charge in [-0.2, -0.15) is 0 Å². The molecule has 1 aromatic heterocycles. The molecular weight excluding hydrogens is 168 g/mol. The highest BCUT2D eigenvalue weighted by Gasteiger charge is 2.10. The Hall–Kier alpha value is -1.49. The first-order valence-corrected chi connectivity index (χ1v) is 4.05. The standard InChI is InChI=1S/C8H12N4O/c1-2-7(9)8(13)12-6-3-10-5-11-4-6/h3-5,7H,2,9H2,1H3,(H,12,13). The van der Waals surface area contributed by atoms with Gasteiger partial charge in [-0.15, -0.1) is 0 Å². The summed E-state index contributed by atoms with van der Waals surface area (Å²) in [5.74, 6) is -0.211. The van der Waals surface area contributed by atoms with Crippen LogP contribution in [0.15, 0.2) is 18.7 Å². The van der Waals surface area contributed by atoms with Crippen LogP contribution in [0.25, 0.3) is 0 Å². The molecule has 0 aliphatic rings. The van der Waals surface area contributed by atoms with Crippen LogP contribution in [-0.2, 0) is 4.79 Å². The van der Waals surface area contributed by atoms with Gasteiger partial charge in [-0.25, -0.2) is 9.97 Å². The molecule has 0 fully saturated rings. The van der Waals surface area contributed by atoms with E-state index < -0.39 is 6.04 Å². The SMILES string of the molecule is CCC(N)C(=O)Nc1cncnc1. The smallest absolute Gasteiger partial charge is 0.241 e. The molecule has 0 aliphatic heterocycles. The van der Waals surface area contributed by atoms with Gasteiger partial charge in [0.25, 0.3) is 0 Å². The molecule has 3 N–H and O–H groups in total. The molecule has 1 atom stereocenters. The summed E-state index contributed by atoms with van der Waals surface area (Å²) in [6.45, 7) is 1.85. The molecule has 5 nitrogen and oxygen atoms in total. The van der Waals surface area contributed by atoms with E-state index >= 15 is 0 Å². The minimum Gasteiger partial charge on any atom is -0.322 e. The highest BCUT2D eigenvalue weighted by Crippen LogP contribution is 2.01. The molecule has 13 heavy (non-hydrogen) atoms. The normalized spacial score (nSPS) is 12.2. The van der Waals surface area contributed by atoms with E-state index in [1.807, 2.05) is 6.92 Å². The Bertz CT molecular complexity index is 275. The molecule has 0 aliphatic carbocycles. The van der Waals surface area contributed by atoms with Gasteiger partial charge in [0, 0.05) is 0 Å². The Morgan fingerprint density at radius 1 is 1.62 bits per heavy atom. The summed E-state index contributed by atoms with van der Waals surface area (Å²) in [4.78, 5) is 18.8. The fourth-order valence-electron chi connectivity index (χ4n) is 0.784. The number of nitrogens with two attached hydrogens (primary N) is 1. The van der Waals surface area contributed by atoms with Gasteiger partial charge in [0.15, 0.2) is 0 Å². The molecule has 1 unspecified atom stereocenters. The maximum Gasteiger partial charge on any atom is 0.241 e. The summed E-state index contributed by atoms with van der Waals surface area (Å²) in [7, 11) is 0. The van der Waals surface area contributed by atoms with E-state index in [9.17, 15) is 4.79 Å². The lowest BCUT2D eigenvalue weighted by molar-refractivity contribution is -0.117. The van der Waals surface area contributed by atoms with E-state index in [1.165, 1.54) is 18.7 Å². The molecule has 70 valence electrons. The Morgan fingerprint density at radius 3 is 2.77 bits per heavy atom. The molecule has 1 amide bonds. The summed E-state index contributed by atoms with van der Waals surface area (Å²) in [5, 5.41) is 2.60. The topological polar surface area (TPSA) is 80.9 Å². The number of rotatable bonds is 3. The number of hydrogen-bond donors (Lipinski definition) is 2. The molecule has 1 rings (SSSR count). The first kappa shape index (κ1) is 9.60. The molecule has 0 aromatic carbocycles. The minimum absolute atomic E-state index is 0.211. The third kappa shape index (κ3) is 2.79. The van der Waals surface area contributed by atoms with E-state index in [-0.39, 0.29) is 5.91 Å². The molecule has 1 aromatic rings. The van der Waals surface area contributed by atoms with Crippen LogP contribution in [0.5, 0.6) is 0 Å². The number of hydrogen-bond acceptors (Lipinski definition) is 4. The van der Waals surface area contributed by atoms with E-state index in [1.54, 1.807) is 0 Å². The fraction of sp³-hybridized carbons (Fsp3) is 0.375. The van der Waals surface area contributed by atoms with Crippen molar-refractivity contribution < 1.29 is 4.79 Å². The molecule has 0 saturated heterocycles. The zero-order valence-corrected chi connectivity index (χ0v) is 7.40. The lowest BCUT2D eigenvalue weighted by Gasteiger charge is -2.08. The molecule has 0 saturated carbocycles. The van der Waals surface area contributed by atoms with Gasteiger partial charge in [-0.05, 0) is 6.42 Å². The predicted molar refractivity (Wildman–Crippen MR) is 48.9 cm³/mol. The van der Waals surface area contributed by atoms with E-state index in [4.69, 9.17) is 5.73 Å². The van der Waals surface area contributed by atoms with Gasteiger partial charge < -0.3 is 11.1 Å². The monoisotopic (exact) mass is 180 g/mol. The van der Waals surface area contributed by atoms with Crippen LogP contribution in [0.2, 0.25) is 0 Å². The summed E-state index contributed by atoms with van der Waals surface area (Å²) in [6.07, 6.45) is 5.05. The number of amides is 1. The molecule has 0 bridgehead atoms. The van der Waals surface area contributed by atoms with E-state index in [2.05, 4.69) is 15.3 Å². The van der Waals surface area contributed by atoms with Crippen LogP contribution in [0.4, 0.5) is 5.69 Å². The minimum atomic E-state index is -0.472. The predicted octanol–water partition coefficient (Wildman–Crippen LogP) is 0.152. The van der Waals surface area contributed by atoms with Crippen molar-refractivity contribution in [3.05, 3.63) is 18.7 Å². The van der Waals surface area contributed by atoms with Gasteiger partial charge in [0.1, 0.15) is 6.33 Å². The van der Waals surface area contributed by atoms with Gasteiger partial charge in [-0.3, -0.25) is 4.79 Å². The van der Waals surface area contributed by atoms with Gasteiger partial charge in [0.05, 0.1) is 24.1 Å². The maximum atomic E-state index is 11.3. The third-order valence-electron chi connectivity index (χ3n) is 1.60. The molecular formula is C8H12N4O. The van der Waals surface area contributed by atoms with Crippen molar-refractivity contribution in [1.82, 2.24) is 9.97 Å². The molecule has 5 heteroatoms. The quantitative estimate of drug-likeness (QED) is 0.694. The Kier molecular flexibility index (Phi) is 3.33. The lowest BCUT2D eigenvalue weighted by atomic mass is 10.2. The number of carbonyl (C=O) groups excluding carboxylic acids is 1. The number of aromatic nitrogens is 2. The van der Waals surface area contributed by atoms with E-state index in [0.29, 0.717) is 12.1 Å². The van der Waals surface area contributed by atoms with Gasteiger partial charge in [-0.1, -0.05) is 6.92 Å². The second kappa shape index (κ2) is 4.51. The lowest BCUT2D eigenvalue weighted by Crippen LogP contribution is -2.34. The van der Waals surface area contributed by atoms with Crippen molar-refractivity contribution in [1.29, 1.82) is 0 Å². The van der Waals surface area contributed by atoms with Crippen LogP contribution >= 0.6 is 0 Å². The number of carbonyl (C=O) groups is 1. The van der Waals surface area contributed by atoms with Gasteiger partial charge >= 0.3 is 0 Å². The summed E-state index contributed by atoms with van der Waals surface area (Å²) in [6, 6.07) is -0.472.